The van der Waals surface area contributed by atoms with E-state index in [9.17, 15) is 13.2 Å². The van der Waals surface area contributed by atoms with E-state index in [2.05, 4.69) is 20.4 Å². The van der Waals surface area contributed by atoms with Gasteiger partial charge in [-0.1, -0.05) is 28.9 Å². The van der Waals surface area contributed by atoms with E-state index in [0.29, 0.717) is 35.2 Å². The molecule has 5 nitrogen and oxygen atoms in total. The van der Waals surface area contributed by atoms with Crippen LogP contribution in [0.4, 0.5) is 19.0 Å². The van der Waals surface area contributed by atoms with Crippen LogP contribution in [0.25, 0.3) is 22.3 Å². The van der Waals surface area contributed by atoms with Crippen LogP contribution in [-0.2, 0) is 12.7 Å². The van der Waals surface area contributed by atoms with E-state index in [0.717, 1.165) is 28.6 Å². The summed E-state index contributed by atoms with van der Waals surface area (Å²) in [5, 5.41) is 8.10. The Morgan fingerprint density at radius 3 is 2.38 bits per heavy atom. The van der Waals surface area contributed by atoms with Gasteiger partial charge >= 0.3 is 6.18 Å². The molecular formula is C21H17F3N4O. The highest BCUT2D eigenvalue weighted by Gasteiger charge is 2.29. The summed E-state index contributed by atoms with van der Waals surface area (Å²) in [6, 6.07) is 12.8. The van der Waals surface area contributed by atoms with E-state index in [1.54, 1.807) is 6.92 Å². The highest BCUT2D eigenvalue weighted by atomic mass is 19.4. The standard InChI is InChI=1S/C21H17F3N4O/c1-12-3-8-18-15(9-12)10-17(20-26-13(2)29-28-20)19(27-18)25-11-14-4-6-16(7-5-14)21(22,23)24/h3-10H,11H2,1-2H3,(H,25,27). The average molecular weight is 398 g/mol. The molecule has 29 heavy (non-hydrogen) atoms. The molecule has 4 aromatic rings. The quantitative estimate of drug-likeness (QED) is 0.490. The Hall–Kier alpha value is -3.42. The molecule has 1 N–H and O–H groups in total. The van der Waals surface area contributed by atoms with Gasteiger partial charge in [-0.3, -0.25) is 0 Å². The third-order valence-electron chi connectivity index (χ3n) is 4.48. The molecule has 0 radical (unpaired) electrons. The predicted molar refractivity (Wildman–Crippen MR) is 103 cm³/mol. The Labute approximate surface area is 164 Å². The van der Waals surface area contributed by atoms with Gasteiger partial charge < -0.3 is 9.84 Å². The van der Waals surface area contributed by atoms with Gasteiger partial charge in [-0.05, 0) is 42.8 Å². The Bertz CT molecular complexity index is 1170. The first-order chi connectivity index (χ1) is 13.8. The van der Waals surface area contributed by atoms with Crippen molar-refractivity contribution >= 4 is 16.7 Å². The van der Waals surface area contributed by atoms with Gasteiger partial charge in [-0.25, -0.2) is 4.98 Å². The molecule has 4 rings (SSSR count). The van der Waals surface area contributed by atoms with Gasteiger partial charge in [0.2, 0.25) is 11.7 Å². The number of hydrogen-bond acceptors (Lipinski definition) is 5. The van der Waals surface area contributed by atoms with Gasteiger partial charge in [0, 0.05) is 18.9 Å². The van der Waals surface area contributed by atoms with Gasteiger partial charge in [0.25, 0.3) is 0 Å². The topological polar surface area (TPSA) is 63.8 Å². The summed E-state index contributed by atoms with van der Waals surface area (Å²) in [5.41, 5.74) is 2.56. The van der Waals surface area contributed by atoms with E-state index in [1.807, 2.05) is 31.2 Å². The fourth-order valence-corrected chi connectivity index (χ4v) is 3.01. The largest absolute Gasteiger partial charge is 0.416 e. The lowest BCUT2D eigenvalue weighted by molar-refractivity contribution is -0.137. The number of anilines is 1. The maximum Gasteiger partial charge on any atom is 0.416 e. The molecule has 0 saturated heterocycles. The summed E-state index contributed by atoms with van der Waals surface area (Å²) < 4.78 is 43.3. The highest BCUT2D eigenvalue weighted by Crippen LogP contribution is 2.31. The Kier molecular flexibility index (Phi) is 4.70. The van der Waals surface area contributed by atoms with Crippen LogP contribution >= 0.6 is 0 Å². The molecular weight excluding hydrogens is 381 g/mol. The first-order valence-electron chi connectivity index (χ1n) is 8.92. The second kappa shape index (κ2) is 7.20. The zero-order valence-corrected chi connectivity index (χ0v) is 15.7. The van der Waals surface area contributed by atoms with Crippen molar-refractivity contribution in [3.63, 3.8) is 0 Å². The van der Waals surface area contributed by atoms with Gasteiger partial charge in [-0.15, -0.1) is 0 Å². The molecule has 0 aliphatic heterocycles. The molecule has 2 heterocycles. The van der Waals surface area contributed by atoms with Crippen LogP contribution in [0.2, 0.25) is 0 Å². The van der Waals surface area contributed by atoms with Crippen molar-refractivity contribution < 1.29 is 17.7 Å². The summed E-state index contributed by atoms with van der Waals surface area (Å²) in [6.07, 6.45) is -4.35. The minimum Gasteiger partial charge on any atom is -0.365 e. The number of rotatable bonds is 4. The molecule has 2 aromatic heterocycles. The second-order valence-electron chi connectivity index (χ2n) is 6.77. The summed E-state index contributed by atoms with van der Waals surface area (Å²) in [7, 11) is 0. The van der Waals surface area contributed by atoms with E-state index in [-0.39, 0.29) is 0 Å². The molecule has 0 saturated carbocycles. The normalized spacial score (nSPS) is 11.8. The molecule has 0 bridgehead atoms. The Morgan fingerprint density at radius 1 is 0.966 bits per heavy atom. The maximum absolute atomic E-state index is 12.7. The summed E-state index contributed by atoms with van der Waals surface area (Å²) in [4.78, 5) is 8.94. The summed E-state index contributed by atoms with van der Waals surface area (Å²) in [6.45, 7) is 3.99. The lowest BCUT2D eigenvalue weighted by atomic mass is 10.1. The molecule has 0 aliphatic carbocycles. The van der Waals surface area contributed by atoms with Crippen molar-refractivity contribution in [2.45, 2.75) is 26.6 Å². The zero-order chi connectivity index (χ0) is 20.6. The van der Waals surface area contributed by atoms with Crippen LogP contribution in [0.5, 0.6) is 0 Å². The molecule has 2 aromatic carbocycles. The number of fused-ring (bicyclic) bond motifs is 1. The number of aryl methyl sites for hydroxylation is 2. The lowest BCUT2D eigenvalue weighted by Gasteiger charge is -2.12. The van der Waals surface area contributed by atoms with E-state index in [4.69, 9.17) is 4.52 Å². The fourth-order valence-electron chi connectivity index (χ4n) is 3.01. The van der Waals surface area contributed by atoms with Crippen LogP contribution in [0.1, 0.15) is 22.6 Å². The molecule has 0 aliphatic rings. The van der Waals surface area contributed by atoms with Crippen LogP contribution in [0, 0.1) is 13.8 Å². The first-order valence-corrected chi connectivity index (χ1v) is 8.92. The first kappa shape index (κ1) is 18.9. The third-order valence-corrected chi connectivity index (χ3v) is 4.48. The smallest absolute Gasteiger partial charge is 0.365 e. The number of pyridine rings is 1. The minimum atomic E-state index is -4.35. The van der Waals surface area contributed by atoms with Crippen molar-refractivity contribution in [2.75, 3.05) is 5.32 Å². The predicted octanol–water partition coefficient (Wildman–Crippen LogP) is 5.53. The van der Waals surface area contributed by atoms with E-state index < -0.39 is 11.7 Å². The molecule has 0 unspecified atom stereocenters. The van der Waals surface area contributed by atoms with Crippen molar-refractivity contribution in [3.05, 3.63) is 71.1 Å². The maximum atomic E-state index is 12.7. The number of aromatic nitrogens is 3. The van der Waals surface area contributed by atoms with Gasteiger partial charge in [0.05, 0.1) is 16.6 Å². The highest BCUT2D eigenvalue weighted by molar-refractivity contribution is 5.88. The molecule has 0 fully saturated rings. The summed E-state index contributed by atoms with van der Waals surface area (Å²) >= 11 is 0. The molecule has 0 spiro atoms. The fraction of sp³-hybridized carbons (Fsp3) is 0.190. The summed E-state index contributed by atoms with van der Waals surface area (Å²) in [5.74, 6) is 1.36. The van der Waals surface area contributed by atoms with Gasteiger partial charge in [-0.2, -0.15) is 18.2 Å². The van der Waals surface area contributed by atoms with Crippen LogP contribution in [-0.4, -0.2) is 15.1 Å². The molecule has 0 amide bonds. The molecule has 8 heteroatoms. The molecule has 0 atom stereocenters. The number of nitrogens with one attached hydrogen (secondary N) is 1. The lowest BCUT2D eigenvalue weighted by Crippen LogP contribution is -2.07. The number of hydrogen-bond donors (Lipinski definition) is 1. The monoisotopic (exact) mass is 398 g/mol. The van der Waals surface area contributed by atoms with Crippen LogP contribution < -0.4 is 5.32 Å². The van der Waals surface area contributed by atoms with Crippen LogP contribution in [0.3, 0.4) is 0 Å². The van der Waals surface area contributed by atoms with Crippen molar-refractivity contribution in [1.29, 1.82) is 0 Å². The molecule has 148 valence electrons. The minimum absolute atomic E-state index is 0.298. The van der Waals surface area contributed by atoms with Crippen molar-refractivity contribution in [3.8, 4) is 11.4 Å². The number of alkyl halides is 3. The van der Waals surface area contributed by atoms with E-state index in [1.165, 1.54) is 12.1 Å². The van der Waals surface area contributed by atoms with Crippen LogP contribution in [0.15, 0.2) is 53.1 Å². The van der Waals surface area contributed by atoms with Crippen molar-refractivity contribution in [1.82, 2.24) is 15.1 Å². The zero-order valence-electron chi connectivity index (χ0n) is 15.7. The number of nitrogens with zero attached hydrogens (tertiary/aromatic N) is 3. The number of benzene rings is 2. The third kappa shape index (κ3) is 4.06. The average Bonchev–Trinajstić information content (AvgIpc) is 3.11. The Balaban J connectivity index is 1.67. The second-order valence-corrected chi connectivity index (χ2v) is 6.77. The van der Waals surface area contributed by atoms with Gasteiger partial charge in [0.15, 0.2) is 0 Å². The van der Waals surface area contributed by atoms with Gasteiger partial charge in [0.1, 0.15) is 5.82 Å². The van der Waals surface area contributed by atoms with E-state index >= 15 is 0 Å². The van der Waals surface area contributed by atoms with Crippen molar-refractivity contribution in [2.24, 2.45) is 0 Å². The Morgan fingerprint density at radius 2 is 1.72 bits per heavy atom. The SMILES string of the molecule is Cc1ccc2nc(NCc3ccc(C(F)(F)F)cc3)c(-c3noc(C)n3)cc2c1. The number of halogens is 3.